The van der Waals surface area contributed by atoms with Crippen molar-refractivity contribution in [3.63, 3.8) is 0 Å². The highest BCUT2D eigenvalue weighted by Gasteiger charge is 2.12. The minimum Gasteiger partial charge on any atom is -0.481 e. The van der Waals surface area contributed by atoms with Crippen LogP contribution in [0.15, 0.2) is 0 Å². The SMILES string of the molecule is CCC(=O)C(=O)O.N[C@@H](CCC(=O)O)C(=O)O. The molecule has 98 valence electrons. The van der Waals surface area contributed by atoms with Gasteiger partial charge in [-0.2, -0.15) is 0 Å². The third-order valence-corrected chi connectivity index (χ3v) is 1.55. The molecule has 0 radical (unpaired) electrons. The minimum absolute atomic E-state index is 0.0231. The average Bonchev–Trinajstić information content (AvgIpc) is 2.24. The number of nitrogens with two attached hydrogens (primary N) is 1. The fourth-order valence-electron chi connectivity index (χ4n) is 0.554. The molecule has 0 rings (SSSR count). The van der Waals surface area contributed by atoms with Crippen LogP contribution in [0, 0.1) is 0 Å². The number of aliphatic carboxylic acids is 3. The van der Waals surface area contributed by atoms with E-state index in [1.165, 1.54) is 6.92 Å². The van der Waals surface area contributed by atoms with Crippen LogP contribution in [0.25, 0.3) is 0 Å². The number of carboxylic acid groups (broad SMARTS) is 3. The molecule has 0 bridgehead atoms. The summed E-state index contributed by atoms with van der Waals surface area (Å²) in [5.41, 5.74) is 5.00. The van der Waals surface area contributed by atoms with Gasteiger partial charge in [-0.05, 0) is 6.42 Å². The van der Waals surface area contributed by atoms with E-state index < -0.39 is 29.7 Å². The van der Waals surface area contributed by atoms with Crippen molar-refractivity contribution >= 4 is 23.7 Å². The van der Waals surface area contributed by atoms with E-state index in [-0.39, 0.29) is 19.3 Å². The molecule has 0 amide bonds. The van der Waals surface area contributed by atoms with Gasteiger partial charge in [-0.3, -0.25) is 14.4 Å². The van der Waals surface area contributed by atoms with E-state index in [1.807, 2.05) is 0 Å². The molecular weight excluding hydrogens is 234 g/mol. The van der Waals surface area contributed by atoms with Crippen LogP contribution in [0.5, 0.6) is 0 Å². The monoisotopic (exact) mass is 249 g/mol. The van der Waals surface area contributed by atoms with Crippen LogP contribution in [-0.2, 0) is 19.2 Å². The molecule has 0 aromatic carbocycles. The Morgan fingerprint density at radius 3 is 1.76 bits per heavy atom. The van der Waals surface area contributed by atoms with Crippen LogP contribution in [0.3, 0.4) is 0 Å². The van der Waals surface area contributed by atoms with Gasteiger partial charge in [0.2, 0.25) is 5.78 Å². The number of carboxylic acids is 3. The maximum absolute atomic E-state index is 9.99. The van der Waals surface area contributed by atoms with Crippen molar-refractivity contribution in [2.24, 2.45) is 5.73 Å². The Balaban J connectivity index is 0. The zero-order chi connectivity index (χ0) is 14.0. The number of ketones is 1. The number of carbonyl (C=O) groups is 4. The summed E-state index contributed by atoms with van der Waals surface area (Å²) in [6, 6.07) is -1.06. The molecule has 8 heteroatoms. The highest BCUT2D eigenvalue weighted by molar-refractivity contribution is 6.32. The Morgan fingerprint density at radius 2 is 1.59 bits per heavy atom. The summed E-state index contributed by atoms with van der Waals surface area (Å²) in [4.78, 5) is 39.4. The molecule has 0 heterocycles. The average molecular weight is 249 g/mol. The smallest absolute Gasteiger partial charge is 0.372 e. The summed E-state index contributed by atoms with van der Waals surface area (Å²) < 4.78 is 0. The van der Waals surface area contributed by atoms with E-state index in [1.54, 1.807) is 0 Å². The van der Waals surface area contributed by atoms with E-state index in [0.29, 0.717) is 0 Å². The lowest BCUT2D eigenvalue weighted by Crippen LogP contribution is -2.30. The predicted octanol–water partition coefficient (Wildman–Crippen LogP) is -0.687. The molecule has 17 heavy (non-hydrogen) atoms. The third-order valence-electron chi connectivity index (χ3n) is 1.55. The van der Waals surface area contributed by atoms with Gasteiger partial charge in [0.1, 0.15) is 6.04 Å². The number of hydrogen-bond donors (Lipinski definition) is 4. The van der Waals surface area contributed by atoms with Gasteiger partial charge in [0, 0.05) is 12.8 Å². The summed E-state index contributed by atoms with van der Waals surface area (Å²) in [7, 11) is 0. The molecule has 0 saturated heterocycles. The van der Waals surface area contributed by atoms with E-state index in [4.69, 9.17) is 21.1 Å². The lowest BCUT2D eigenvalue weighted by atomic mass is 10.2. The zero-order valence-electron chi connectivity index (χ0n) is 9.25. The maximum Gasteiger partial charge on any atom is 0.372 e. The lowest BCUT2D eigenvalue weighted by molar-refractivity contribution is -0.148. The second-order valence-electron chi connectivity index (χ2n) is 2.96. The van der Waals surface area contributed by atoms with Crippen molar-refractivity contribution in [3.05, 3.63) is 0 Å². The first kappa shape index (κ1) is 17.4. The largest absolute Gasteiger partial charge is 0.481 e. The van der Waals surface area contributed by atoms with Crippen molar-refractivity contribution in [2.75, 3.05) is 0 Å². The van der Waals surface area contributed by atoms with Crippen LogP contribution in [0.1, 0.15) is 26.2 Å². The molecule has 0 aliphatic rings. The van der Waals surface area contributed by atoms with Crippen molar-refractivity contribution in [1.82, 2.24) is 0 Å². The van der Waals surface area contributed by atoms with Gasteiger partial charge in [0.25, 0.3) is 0 Å². The molecule has 0 aliphatic carbocycles. The number of hydrogen-bond acceptors (Lipinski definition) is 5. The quantitative estimate of drug-likeness (QED) is 0.451. The van der Waals surface area contributed by atoms with Gasteiger partial charge in [0.15, 0.2) is 0 Å². The van der Waals surface area contributed by atoms with Crippen molar-refractivity contribution < 1.29 is 34.5 Å². The number of Topliss-reactive ketones (excluding diaryl/α,β-unsaturated/α-hetero) is 1. The minimum atomic E-state index is -1.34. The predicted molar refractivity (Wildman–Crippen MR) is 55.4 cm³/mol. The fourth-order valence-corrected chi connectivity index (χ4v) is 0.554. The highest BCUT2D eigenvalue weighted by atomic mass is 16.4. The third kappa shape index (κ3) is 12.0. The van der Waals surface area contributed by atoms with Crippen molar-refractivity contribution in [1.29, 1.82) is 0 Å². The van der Waals surface area contributed by atoms with E-state index in [0.717, 1.165) is 0 Å². The van der Waals surface area contributed by atoms with Crippen LogP contribution < -0.4 is 5.73 Å². The summed E-state index contributed by atoms with van der Waals surface area (Å²) in [6.07, 6.45) is -0.145. The Hall–Kier alpha value is -1.96. The molecule has 0 aromatic heterocycles. The van der Waals surface area contributed by atoms with Gasteiger partial charge in [-0.1, -0.05) is 6.92 Å². The first-order valence-electron chi connectivity index (χ1n) is 4.68. The highest BCUT2D eigenvalue weighted by Crippen LogP contribution is 1.93. The summed E-state index contributed by atoms with van der Waals surface area (Å²) in [5.74, 6) is -4.28. The van der Waals surface area contributed by atoms with Crippen LogP contribution in [-0.4, -0.2) is 45.1 Å². The molecule has 0 unspecified atom stereocenters. The standard InChI is InChI=1S/C5H9NO4.C4H6O3/c6-3(5(9)10)1-2-4(7)8;1-2-3(5)4(6)7/h3H,1-2,6H2,(H,7,8)(H,9,10);2H2,1H3,(H,6,7)/t3-;/m0./s1. The first-order valence-corrected chi connectivity index (χ1v) is 4.68. The molecule has 0 saturated carbocycles. The Morgan fingerprint density at radius 1 is 1.12 bits per heavy atom. The number of rotatable bonds is 6. The first-order chi connectivity index (χ1) is 7.72. The molecule has 0 fully saturated rings. The van der Waals surface area contributed by atoms with Gasteiger partial charge in [0.05, 0.1) is 0 Å². The van der Waals surface area contributed by atoms with E-state index >= 15 is 0 Å². The maximum atomic E-state index is 9.99. The molecule has 0 aliphatic heterocycles. The summed E-state index contributed by atoms with van der Waals surface area (Å²) >= 11 is 0. The molecule has 0 aromatic rings. The van der Waals surface area contributed by atoms with Crippen LogP contribution in [0.4, 0.5) is 0 Å². The normalized spacial score (nSPS) is 10.7. The van der Waals surface area contributed by atoms with Crippen LogP contribution in [0.2, 0.25) is 0 Å². The topological polar surface area (TPSA) is 155 Å². The lowest BCUT2D eigenvalue weighted by Gasteiger charge is -2.01. The van der Waals surface area contributed by atoms with E-state index in [2.05, 4.69) is 0 Å². The van der Waals surface area contributed by atoms with Gasteiger partial charge >= 0.3 is 17.9 Å². The summed E-state index contributed by atoms with van der Waals surface area (Å²) in [6.45, 7) is 1.51. The molecule has 1 atom stereocenters. The van der Waals surface area contributed by atoms with E-state index in [9.17, 15) is 19.2 Å². The Kier molecular flexibility index (Phi) is 9.52. The number of carbonyl (C=O) groups excluding carboxylic acids is 1. The molecule has 8 nitrogen and oxygen atoms in total. The van der Waals surface area contributed by atoms with Crippen LogP contribution >= 0.6 is 0 Å². The molecule has 0 spiro atoms. The Bertz CT molecular complexity index is 300. The van der Waals surface area contributed by atoms with Crippen molar-refractivity contribution in [2.45, 2.75) is 32.2 Å². The molecule has 5 N–H and O–H groups in total. The molecular formula is C9H15NO7. The van der Waals surface area contributed by atoms with Gasteiger partial charge < -0.3 is 21.1 Å². The Labute approximate surface area is 97.0 Å². The van der Waals surface area contributed by atoms with Gasteiger partial charge in [-0.25, -0.2) is 4.79 Å². The second kappa shape index (κ2) is 9.28. The fraction of sp³-hybridized carbons (Fsp3) is 0.556. The summed E-state index contributed by atoms with van der Waals surface area (Å²) in [5, 5.41) is 24.1. The second-order valence-corrected chi connectivity index (χ2v) is 2.96. The van der Waals surface area contributed by atoms with Crippen molar-refractivity contribution in [3.8, 4) is 0 Å². The van der Waals surface area contributed by atoms with Gasteiger partial charge in [-0.15, -0.1) is 0 Å². The zero-order valence-corrected chi connectivity index (χ0v) is 9.25.